The molecule has 0 unspecified atom stereocenters. The zero-order chi connectivity index (χ0) is 15.2. The van der Waals surface area contributed by atoms with Gasteiger partial charge in [0.25, 0.3) is 10.1 Å². The number of nitrogen functional groups attached to an aromatic ring is 1. The fourth-order valence-electron chi connectivity index (χ4n) is 1.25. The molecule has 0 aromatic heterocycles. The molecule has 0 heterocycles. The van der Waals surface area contributed by atoms with E-state index in [1.807, 2.05) is 0 Å². The lowest BCUT2D eigenvalue weighted by Crippen LogP contribution is -1.96. The highest BCUT2D eigenvalue weighted by molar-refractivity contribution is 9.10. The van der Waals surface area contributed by atoms with E-state index in [2.05, 4.69) is 15.9 Å². The van der Waals surface area contributed by atoms with E-state index in [1.165, 1.54) is 18.2 Å². The van der Waals surface area contributed by atoms with Crippen molar-refractivity contribution < 1.29 is 17.8 Å². The van der Waals surface area contributed by atoms with Crippen LogP contribution in [0.5, 0.6) is 0 Å². The molecule has 20 heavy (non-hydrogen) atoms. The Hall–Kier alpha value is -1.70. The third kappa shape index (κ3) is 5.12. The average molecular weight is 358 g/mol. The second-order valence-electron chi connectivity index (χ2n) is 3.68. The maximum Gasteiger partial charge on any atom is 0.294 e. The van der Waals surface area contributed by atoms with Crippen LogP contribution in [0.2, 0.25) is 0 Å². The van der Waals surface area contributed by atoms with Crippen molar-refractivity contribution in [3.05, 3.63) is 58.6 Å². The molecule has 0 spiro atoms. The van der Waals surface area contributed by atoms with E-state index in [-0.39, 0.29) is 4.90 Å². The molecule has 0 aliphatic carbocycles. The number of rotatable bonds is 2. The van der Waals surface area contributed by atoms with Crippen molar-refractivity contribution in [2.24, 2.45) is 0 Å². The van der Waals surface area contributed by atoms with Gasteiger partial charge in [0.05, 0.1) is 4.90 Å². The van der Waals surface area contributed by atoms with Gasteiger partial charge in [-0.3, -0.25) is 9.35 Å². The predicted molar refractivity (Wildman–Crippen MR) is 80.2 cm³/mol. The molecule has 0 radical (unpaired) electrons. The van der Waals surface area contributed by atoms with E-state index in [9.17, 15) is 13.2 Å². The topological polar surface area (TPSA) is 97.5 Å². The van der Waals surface area contributed by atoms with Gasteiger partial charge < -0.3 is 5.73 Å². The van der Waals surface area contributed by atoms with Gasteiger partial charge in [-0.15, -0.1) is 0 Å². The van der Waals surface area contributed by atoms with Crippen molar-refractivity contribution in [2.45, 2.75) is 4.90 Å². The molecule has 0 aliphatic heterocycles. The number of aldehydes is 1. The maximum absolute atomic E-state index is 10.5. The maximum atomic E-state index is 10.5. The van der Waals surface area contributed by atoms with Crippen LogP contribution in [-0.2, 0) is 10.1 Å². The lowest BCUT2D eigenvalue weighted by Gasteiger charge is -1.95. The zero-order valence-corrected chi connectivity index (χ0v) is 12.6. The Kier molecular flexibility index (Phi) is 5.87. The smallest absolute Gasteiger partial charge is 0.294 e. The first kappa shape index (κ1) is 16.4. The van der Waals surface area contributed by atoms with Crippen LogP contribution in [0, 0.1) is 0 Å². The molecular formula is C13H12BrNO4S. The Morgan fingerprint density at radius 1 is 1.10 bits per heavy atom. The van der Waals surface area contributed by atoms with E-state index >= 15 is 0 Å². The van der Waals surface area contributed by atoms with Gasteiger partial charge in [-0.2, -0.15) is 8.42 Å². The van der Waals surface area contributed by atoms with Crippen molar-refractivity contribution >= 4 is 38.0 Å². The summed E-state index contributed by atoms with van der Waals surface area (Å²) in [5, 5.41) is 0. The lowest BCUT2D eigenvalue weighted by molar-refractivity contribution is 0.112. The number of carbonyl (C=O) groups is 1. The molecule has 7 heteroatoms. The van der Waals surface area contributed by atoms with Gasteiger partial charge in [-0.1, -0.05) is 34.1 Å². The highest BCUT2D eigenvalue weighted by Crippen LogP contribution is 2.15. The summed E-state index contributed by atoms with van der Waals surface area (Å²) < 4.78 is 30.2. The number of anilines is 1. The largest absolute Gasteiger partial charge is 0.398 e. The normalized spacial score (nSPS) is 10.3. The van der Waals surface area contributed by atoms with Crippen molar-refractivity contribution in [2.75, 3.05) is 5.73 Å². The first-order valence-electron chi connectivity index (χ1n) is 5.37. The van der Waals surface area contributed by atoms with Crippen molar-refractivity contribution in [1.82, 2.24) is 0 Å². The molecule has 0 amide bonds. The fraction of sp³-hybridized carbons (Fsp3) is 0. The summed E-state index contributed by atoms with van der Waals surface area (Å²) in [7, 11) is -4.06. The van der Waals surface area contributed by atoms with Crippen molar-refractivity contribution in [1.29, 1.82) is 0 Å². The van der Waals surface area contributed by atoms with Crippen LogP contribution in [0.4, 0.5) is 5.69 Å². The van der Waals surface area contributed by atoms with E-state index in [0.29, 0.717) is 15.7 Å². The molecule has 0 bridgehead atoms. The minimum Gasteiger partial charge on any atom is -0.398 e. The van der Waals surface area contributed by atoms with Gasteiger partial charge in [0.1, 0.15) is 0 Å². The Labute approximate surface area is 125 Å². The molecule has 2 aromatic rings. The quantitative estimate of drug-likeness (QED) is 0.489. The van der Waals surface area contributed by atoms with Crippen LogP contribution < -0.4 is 5.73 Å². The molecule has 106 valence electrons. The number of hydrogen-bond donors (Lipinski definition) is 2. The summed E-state index contributed by atoms with van der Waals surface area (Å²) >= 11 is 3.08. The molecule has 3 N–H and O–H groups in total. The molecule has 5 nitrogen and oxygen atoms in total. The number of carbonyl (C=O) groups excluding carboxylic acids is 1. The minimum absolute atomic E-state index is 0.105. The van der Waals surface area contributed by atoms with Gasteiger partial charge in [0.15, 0.2) is 6.29 Å². The summed E-state index contributed by atoms with van der Waals surface area (Å²) in [5.41, 5.74) is 6.49. The molecule has 0 aliphatic rings. The van der Waals surface area contributed by atoms with E-state index in [4.69, 9.17) is 10.3 Å². The Bertz CT molecular complexity index is 701. The van der Waals surface area contributed by atoms with Gasteiger partial charge in [-0.05, 0) is 30.3 Å². The minimum atomic E-state index is -4.06. The predicted octanol–water partition coefficient (Wildman–Crippen LogP) is 2.78. The second-order valence-corrected chi connectivity index (χ2v) is 6.02. The molecule has 2 rings (SSSR count). The summed E-state index contributed by atoms with van der Waals surface area (Å²) in [5.74, 6) is 0. The van der Waals surface area contributed by atoms with E-state index < -0.39 is 10.1 Å². The number of hydrogen-bond acceptors (Lipinski definition) is 4. The van der Waals surface area contributed by atoms with Crippen LogP contribution in [0.25, 0.3) is 0 Å². The molecule has 2 aromatic carbocycles. The summed E-state index contributed by atoms with van der Waals surface area (Å²) in [4.78, 5) is 10.0. The Balaban J connectivity index is 0.000000204. The highest BCUT2D eigenvalue weighted by Gasteiger charge is 2.07. The number of halogens is 1. The Morgan fingerprint density at radius 2 is 1.75 bits per heavy atom. The number of benzene rings is 2. The first-order chi connectivity index (χ1) is 9.34. The molecule has 0 fully saturated rings. The third-order valence-corrected chi connectivity index (χ3v) is 3.56. The third-order valence-electron chi connectivity index (χ3n) is 2.22. The SMILES string of the molecule is Nc1ccccc1C=O.O=S(=O)(O)c1cccc(Br)c1. The summed E-state index contributed by atoms with van der Waals surface area (Å²) in [6.07, 6.45) is 0.745. The average Bonchev–Trinajstić information content (AvgIpc) is 2.39. The monoisotopic (exact) mass is 357 g/mol. The molecule has 0 saturated heterocycles. The summed E-state index contributed by atoms with van der Waals surface area (Å²) in [6, 6.07) is 12.8. The van der Waals surface area contributed by atoms with Crippen LogP contribution in [0.3, 0.4) is 0 Å². The van der Waals surface area contributed by atoms with Crippen LogP contribution >= 0.6 is 15.9 Å². The van der Waals surface area contributed by atoms with Crippen LogP contribution in [0.15, 0.2) is 57.9 Å². The van der Waals surface area contributed by atoms with Crippen molar-refractivity contribution in [3.8, 4) is 0 Å². The highest BCUT2D eigenvalue weighted by atomic mass is 79.9. The van der Waals surface area contributed by atoms with Gasteiger partial charge in [0, 0.05) is 15.7 Å². The van der Waals surface area contributed by atoms with E-state index in [0.717, 1.165) is 6.29 Å². The second kappa shape index (κ2) is 7.18. The number of nitrogens with two attached hydrogens (primary N) is 1. The molecular weight excluding hydrogens is 346 g/mol. The van der Waals surface area contributed by atoms with Crippen LogP contribution in [0.1, 0.15) is 10.4 Å². The van der Waals surface area contributed by atoms with Crippen LogP contribution in [-0.4, -0.2) is 19.3 Å². The van der Waals surface area contributed by atoms with Gasteiger partial charge >= 0.3 is 0 Å². The van der Waals surface area contributed by atoms with E-state index in [1.54, 1.807) is 30.3 Å². The Morgan fingerprint density at radius 3 is 2.15 bits per heavy atom. The zero-order valence-electron chi connectivity index (χ0n) is 10.2. The fourth-order valence-corrected chi connectivity index (χ4v) is 2.32. The molecule has 0 saturated carbocycles. The summed E-state index contributed by atoms with van der Waals surface area (Å²) in [6.45, 7) is 0. The van der Waals surface area contributed by atoms with Crippen molar-refractivity contribution in [3.63, 3.8) is 0 Å². The first-order valence-corrected chi connectivity index (χ1v) is 7.60. The van der Waals surface area contributed by atoms with Gasteiger partial charge in [-0.25, -0.2) is 0 Å². The molecule has 0 atom stereocenters. The number of para-hydroxylation sites is 1. The lowest BCUT2D eigenvalue weighted by atomic mass is 10.2. The standard InChI is InChI=1S/C7H7NO.C6H5BrO3S/c8-7-4-2-1-3-6(7)5-9;7-5-2-1-3-6(4-5)11(8,9)10/h1-5H,8H2;1-4H,(H,8,9,10). The van der Waals surface area contributed by atoms with Gasteiger partial charge in [0.2, 0.25) is 0 Å².